The Morgan fingerprint density at radius 1 is 1.28 bits per heavy atom. The third kappa shape index (κ3) is 6.12. The zero-order chi connectivity index (χ0) is 20.9. The van der Waals surface area contributed by atoms with Gasteiger partial charge in [0.2, 0.25) is 10.0 Å². The Balaban J connectivity index is 1.73. The van der Waals surface area contributed by atoms with Crippen LogP contribution in [0.3, 0.4) is 0 Å². The largest absolute Gasteiger partial charge is 0.494 e. The lowest BCUT2D eigenvalue weighted by Crippen LogP contribution is -2.15. The molecular weight excluding hydrogens is 412 g/mol. The van der Waals surface area contributed by atoms with E-state index in [2.05, 4.69) is 10.0 Å². The average Bonchev–Trinajstić information content (AvgIpc) is 3.20. The zero-order valence-corrected chi connectivity index (χ0v) is 17.9. The topological polar surface area (TPSA) is 93.7 Å². The minimum atomic E-state index is -3.44. The molecule has 7 nitrogen and oxygen atoms in total. The van der Waals surface area contributed by atoms with Crippen LogP contribution >= 0.6 is 11.8 Å². The van der Waals surface area contributed by atoms with Crippen molar-refractivity contribution >= 4 is 39.1 Å². The number of methoxy groups -OCH3 is 1. The first-order chi connectivity index (χ1) is 13.9. The van der Waals surface area contributed by atoms with E-state index in [-0.39, 0.29) is 12.0 Å². The molecule has 1 atom stereocenters. The Hall–Kier alpha value is -2.23. The van der Waals surface area contributed by atoms with Crippen LogP contribution in [0.15, 0.2) is 47.4 Å². The maximum Gasteiger partial charge on any atom is 0.256 e. The second kappa shape index (κ2) is 9.51. The SMILES string of the molecule is COc1cc(NC(=O)c2ccccc2SCC2CCCO2)ccc1NS(C)(=O)=O. The van der Waals surface area contributed by atoms with E-state index in [1.54, 1.807) is 36.0 Å². The normalized spacial score (nSPS) is 16.4. The van der Waals surface area contributed by atoms with Gasteiger partial charge in [0, 0.05) is 29.0 Å². The zero-order valence-electron chi connectivity index (χ0n) is 16.3. The molecule has 1 heterocycles. The molecule has 0 saturated carbocycles. The van der Waals surface area contributed by atoms with Crippen LogP contribution < -0.4 is 14.8 Å². The molecule has 1 fully saturated rings. The Kier molecular flexibility index (Phi) is 7.05. The number of thioether (sulfide) groups is 1. The first-order valence-corrected chi connectivity index (χ1v) is 12.0. The molecule has 29 heavy (non-hydrogen) atoms. The van der Waals surface area contributed by atoms with Gasteiger partial charge in [-0.3, -0.25) is 9.52 Å². The van der Waals surface area contributed by atoms with Crippen molar-refractivity contribution in [2.24, 2.45) is 0 Å². The Labute approximate surface area is 175 Å². The molecule has 0 aliphatic carbocycles. The maximum atomic E-state index is 12.8. The first-order valence-electron chi connectivity index (χ1n) is 9.16. The third-order valence-electron chi connectivity index (χ3n) is 4.34. The van der Waals surface area contributed by atoms with Crippen LogP contribution in [0.5, 0.6) is 5.75 Å². The summed E-state index contributed by atoms with van der Waals surface area (Å²) < 4.78 is 36.2. The number of carbonyl (C=O) groups is 1. The van der Waals surface area contributed by atoms with Crippen LogP contribution in [0, 0.1) is 0 Å². The summed E-state index contributed by atoms with van der Waals surface area (Å²) in [5.41, 5.74) is 1.39. The number of ether oxygens (including phenoxy) is 2. The average molecular weight is 437 g/mol. The van der Waals surface area contributed by atoms with Crippen LogP contribution in [0.4, 0.5) is 11.4 Å². The van der Waals surface area contributed by atoms with Gasteiger partial charge >= 0.3 is 0 Å². The number of hydrogen-bond donors (Lipinski definition) is 2. The summed E-state index contributed by atoms with van der Waals surface area (Å²) in [6.45, 7) is 0.805. The fraction of sp³-hybridized carbons (Fsp3) is 0.350. The molecule has 1 aliphatic rings. The van der Waals surface area contributed by atoms with Gasteiger partial charge in [0.15, 0.2) is 0 Å². The van der Waals surface area contributed by atoms with Gasteiger partial charge in [-0.15, -0.1) is 11.8 Å². The number of rotatable bonds is 8. The smallest absolute Gasteiger partial charge is 0.256 e. The van der Waals surface area contributed by atoms with Crippen LogP contribution in [0.25, 0.3) is 0 Å². The minimum absolute atomic E-state index is 0.232. The van der Waals surface area contributed by atoms with Crippen molar-refractivity contribution in [2.45, 2.75) is 23.8 Å². The lowest BCUT2D eigenvalue weighted by Gasteiger charge is -2.14. The van der Waals surface area contributed by atoms with Crippen molar-refractivity contribution in [3.05, 3.63) is 48.0 Å². The summed E-state index contributed by atoms with van der Waals surface area (Å²) in [7, 11) is -2.00. The van der Waals surface area contributed by atoms with Crippen molar-refractivity contribution in [1.29, 1.82) is 0 Å². The quantitative estimate of drug-likeness (QED) is 0.614. The molecule has 1 unspecified atom stereocenters. The number of sulfonamides is 1. The molecule has 0 aromatic heterocycles. The molecule has 2 aromatic rings. The highest BCUT2D eigenvalue weighted by molar-refractivity contribution is 7.99. The van der Waals surface area contributed by atoms with E-state index < -0.39 is 10.0 Å². The van der Waals surface area contributed by atoms with Gasteiger partial charge in [-0.1, -0.05) is 12.1 Å². The summed E-state index contributed by atoms with van der Waals surface area (Å²) in [4.78, 5) is 13.7. The molecule has 2 aromatic carbocycles. The molecular formula is C20H24N2O5S2. The fourth-order valence-corrected chi connectivity index (χ4v) is 4.68. The molecule has 156 valence electrons. The number of benzene rings is 2. The third-order valence-corrected chi connectivity index (χ3v) is 6.13. The lowest BCUT2D eigenvalue weighted by atomic mass is 10.2. The number of anilines is 2. The number of nitrogens with one attached hydrogen (secondary N) is 2. The van der Waals surface area contributed by atoms with Gasteiger partial charge < -0.3 is 14.8 Å². The Morgan fingerprint density at radius 2 is 2.07 bits per heavy atom. The van der Waals surface area contributed by atoms with Crippen LogP contribution in [-0.2, 0) is 14.8 Å². The van der Waals surface area contributed by atoms with Gasteiger partial charge in [-0.2, -0.15) is 0 Å². The van der Waals surface area contributed by atoms with Crippen molar-refractivity contribution < 1.29 is 22.7 Å². The Morgan fingerprint density at radius 3 is 2.76 bits per heavy atom. The summed E-state index contributed by atoms with van der Waals surface area (Å²) in [6.07, 6.45) is 3.43. The van der Waals surface area contributed by atoms with E-state index in [1.807, 2.05) is 18.2 Å². The van der Waals surface area contributed by atoms with Crippen molar-refractivity contribution in [3.63, 3.8) is 0 Å². The number of hydrogen-bond acceptors (Lipinski definition) is 6. The number of amides is 1. The van der Waals surface area contributed by atoms with E-state index in [0.29, 0.717) is 22.7 Å². The summed E-state index contributed by atoms with van der Waals surface area (Å²) >= 11 is 1.61. The van der Waals surface area contributed by atoms with Crippen molar-refractivity contribution in [2.75, 3.05) is 35.8 Å². The van der Waals surface area contributed by atoms with Gasteiger partial charge in [0.05, 0.1) is 30.7 Å². The second-order valence-electron chi connectivity index (χ2n) is 6.69. The molecule has 1 aliphatic heterocycles. The van der Waals surface area contributed by atoms with E-state index in [9.17, 15) is 13.2 Å². The van der Waals surface area contributed by atoms with E-state index >= 15 is 0 Å². The minimum Gasteiger partial charge on any atom is -0.494 e. The standard InChI is InChI=1S/C20H24N2O5S2/c1-26-18-12-14(9-10-17(18)22-29(2,24)25)21-20(23)16-7-3-4-8-19(16)28-13-15-6-5-11-27-15/h3-4,7-10,12,15,22H,5-6,11,13H2,1-2H3,(H,21,23). The maximum absolute atomic E-state index is 12.8. The van der Waals surface area contributed by atoms with Crippen LogP contribution in [-0.4, -0.2) is 46.2 Å². The predicted octanol–water partition coefficient (Wildman–Crippen LogP) is 3.59. The lowest BCUT2D eigenvalue weighted by molar-refractivity contribution is 0.102. The fourth-order valence-electron chi connectivity index (χ4n) is 2.99. The molecule has 9 heteroatoms. The number of carbonyl (C=O) groups excluding carboxylic acids is 1. The van der Waals surface area contributed by atoms with E-state index in [1.165, 1.54) is 7.11 Å². The van der Waals surface area contributed by atoms with Crippen molar-refractivity contribution in [3.8, 4) is 5.75 Å². The molecule has 0 bridgehead atoms. The highest BCUT2D eigenvalue weighted by Gasteiger charge is 2.18. The summed E-state index contributed by atoms with van der Waals surface area (Å²) in [5.74, 6) is 0.879. The van der Waals surface area contributed by atoms with E-state index in [0.717, 1.165) is 36.4 Å². The van der Waals surface area contributed by atoms with Gasteiger partial charge in [0.1, 0.15) is 5.75 Å². The Bertz CT molecular complexity index is 973. The molecule has 0 radical (unpaired) electrons. The van der Waals surface area contributed by atoms with Crippen LogP contribution in [0.2, 0.25) is 0 Å². The van der Waals surface area contributed by atoms with Crippen molar-refractivity contribution in [1.82, 2.24) is 0 Å². The van der Waals surface area contributed by atoms with Crippen LogP contribution in [0.1, 0.15) is 23.2 Å². The second-order valence-corrected chi connectivity index (χ2v) is 9.50. The molecule has 1 amide bonds. The van der Waals surface area contributed by atoms with E-state index in [4.69, 9.17) is 9.47 Å². The molecule has 0 spiro atoms. The highest BCUT2D eigenvalue weighted by atomic mass is 32.2. The molecule has 1 saturated heterocycles. The van der Waals surface area contributed by atoms with Gasteiger partial charge in [0.25, 0.3) is 5.91 Å². The summed E-state index contributed by atoms with van der Waals surface area (Å²) in [5, 5.41) is 2.85. The highest BCUT2D eigenvalue weighted by Crippen LogP contribution is 2.30. The van der Waals surface area contributed by atoms with Gasteiger partial charge in [-0.05, 0) is 37.1 Å². The van der Waals surface area contributed by atoms with Gasteiger partial charge in [-0.25, -0.2) is 8.42 Å². The molecule has 2 N–H and O–H groups in total. The monoisotopic (exact) mass is 436 g/mol. The summed E-state index contributed by atoms with van der Waals surface area (Å²) in [6, 6.07) is 12.2. The predicted molar refractivity (Wildman–Crippen MR) is 116 cm³/mol. The first kappa shape index (κ1) is 21.5. The molecule has 3 rings (SSSR count).